The molecule has 1 aliphatic heterocycles. The van der Waals surface area contributed by atoms with Crippen molar-refractivity contribution in [2.24, 2.45) is 0 Å². The average molecular weight is 294 g/mol. The first-order valence-electron chi connectivity index (χ1n) is 5.33. The van der Waals surface area contributed by atoms with Crippen molar-refractivity contribution in [1.82, 2.24) is 0 Å². The zero-order chi connectivity index (χ0) is 12.6. The zero-order valence-electron chi connectivity index (χ0n) is 9.66. The Bertz CT molecular complexity index is 534. The maximum absolute atomic E-state index is 11.9. The molecular formula is C13H12BrNO2. The monoisotopic (exact) mass is 293 g/mol. The molecule has 0 bridgehead atoms. The third-order valence-electron chi connectivity index (χ3n) is 2.74. The van der Waals surface area contributed by atoms with E-state index in [0.717, 1.165) is 15.7 Å². The maximum Gasteiger partial charge on any atom is 0.299 e. The van der Waals surface area contributed by atoms with E-state index >= 15 is 0 Å². The number of fused-ring (bicyclic) bond motifs is 1. The normalized spacial score (nSPS) is 14.9. The summed E-state index contributed by atoms with van der Waals surface area (Å²) in [6, 6.07) is 3.62. The Kier molecular flexibility index (Phi) is 3.15. The summed E-state index contributed by atoms with van der Waals surface area (Å²) in [5.74, 6) is -0.867. The number of hydrogen-bond donors (Lipinski definition) is 0. The molecule has 1 aromatic carbocycles. The number of Topliss-reactive ketones (excluding diaryl/α,β-unsaturated/α-hetero) is 1. The van der Waals surface area contributed by atoms with Crippen molar-refractivity contribution in [3.05, 3.63) is 39.9 Å². The van der Waals surface area contributed by atoms with Crippen LogP contribution in [0.2, 0.25) is 0 Å². The summed E-state index contributed by atoms with van der Waals surface area (Å²) in [6.07, 6.45) is 3.73. The molecule has 0 saturated carbocycles. The predicted octanol–water partition coefficient (Wildman–Crippen LogP) is 2.86. The van der Waals surface area contributed by atoms with Gasteiger partial charge in [-0.05, 0) is 31.5 Å². The van der Waals surface area contributed by atoms with Crippen LogP contribution < -0.4 is 4.90 Å². The van der Waals surface area contributed by atoms with Gasteiger partial charge in [-0.2, -0.15) is 0 Å². The molecule has 0 unspecified atom stereocenters. The van der Waals surface area contributed by atoms with Gasteiger partial charge in [-0.1, -0.05) is 28.1 Å². The van der Waals surface area contributed by atoms with E-state index in [9.17, 15) is 9.59 Å². The molecule has 1 aliphatic rings. The van der Waals surface area contributed by atoms with E-state index in [-0.39, 0.29) is 0 Å². The van der Waals surface area contributed by atoms with Crippen LogP contribution in [0.15, 0.2) is 28.8 Å². The van der Waals surface area contributed by atoms with Gasteiger partial charge in [-0.25, -0.2) is 0 Å². The maximum atomic E-state index is 11.9. The number of rotatable bonds is 2. The Labute approximate surface area is 108 Å². The molecule has 0 atom stereocenters. The van der Waals surface area contributed by atoms with Crippen LogP contribution in [-0.4, -0.2) is 18.2 Å². The lowest BCUT2D eigenvalue weighted by molar-refractivity contribution is -0.114. The second-order valence-corrected chi connectivity index (χ2v) is 4.85. The number of aryl methyl sites for hydroxylation is 1. The second-order valence-electron chi connectivity index (χ2n) is 3.93. The number of amides is 1. The molecule has 3 nitrogen and oxygen atoms in total. The Morgan fingerprint density at radius 1 is 1.35 bits per heavy atom. The van der Waals surface area contributed by atoms with Crippen LogP contribution in [0.5, 0.6) is 0 Å². The highest BCUT2D eigenvalue weighted by Crippen LogP contribution is 2.34. The SMILES string of the molecule is C/C=C/CN1C(=O)C(=O)c2cc(Br)cc(C)c21. The van der Waals surface area contributed by atoms with Crippen LogP contribution in [0, 0.1) is 6.92 Å². The van der Waals surface area contributed by atoms with E-state index in [1.54, 1.807) is 6.07 Å². The minimum Gasteiger partial charge on any atom is -0.301 e. The van der Waals surface area contributed by atoms with E-state index in [4.69, 9.17) is 0 Å². The van der Waals surface area contributed by atoms with E-state index in [2.05, 4.69) is 15.9 Å². The van der Waals surface area contributed by atoms with Gasteiger partial charge in [-0.15, -0.1) is 0 Å². The second kappa shape index (κ2) is 4.45. The molecule has 0 saturated heterocycles. The molecule has 0 fully saturated rings. The van der Waals surface area contributed by atoms with Crippen molar-refractivity contribution in [2.75, 3.05) is 11.4 Å². The van der Waals surface area contributed by atoms with Gasteiger partial charge in [0.25, 0.3) is 11.7 Å². The third kappa shape index (κ3) is 1.93. The third-order valence-corrected chi connectivity index (χ3v) is 3.20. The molecule has 17 heavy (non-hydrogen) atoms. The van der Waals surface area contributed by atoms with Gasteiger partial charge in [0, 0.05) is 11.0 Å². The van der Waals surface area contributed by atoms with Crippen LogP contribution >= 0.6 is 15.9 Å². The first kappa shape index (κ1) is 12.0. The van der Waals surface area contributed by atoms with Crippen LogP contribution in [0.25, 0.3) is 0 Å². The van der Waals surface area contributed by atoms with Crippen molar-refractivity contribution in [2.45, 2.75) is 13.8 Å². The van der Waals surface area contributed by atoms with Gasteiger partial charge in [0.1, 0.15) is 0 Å². The first-order valence-corrected chi connectivity index (χ1v) is 6.13. The summed E-state index contributed by atoms with van der Waals surface area (Å²) >= 11 is 3.34. The smallest absolute Gasteiger partial charge is 0.299 e. The molecule has 0 aliphatic carbocycles. The number of carbonyl (C=O) groups is 2. The Morgan fingerprint density at radius 3 is 2.71 bits per heavy atom. The van der Waals surface area contributed by atoms with Crippen LogP contribution in [0.1, 0.15) is 22.8 Å². The number of carbonyl (C=O) groups excluding carboxylic acids is 2. The highest BCUT2D eigenvalue weighted by Gasteiger charge is 2.36. The summed E-state index contributed by atoms with van der Waals surface area (Å²) in [5.41, 5.74) is 2.16. The lowest BCUT2D eigenvalue weighted by Gasteiger charge is -2.16. The summed E-state index contributed by atoms with van der Waals surface area (Å²) in [5, 5.41) is 0. The minimum atomic E-state index is -0.445. The number of allylic oxidation sites excluding steroid dienone is 1. The summed E-state index contributed by atoms with van der Waals surface area (Å²) < 4.78 is 0.822. The lowest BCUT2D eigenvalue weighted by Crippen LogP contribution is -2.30. The molecule has 4 heteroatoms. The number of ketones is 1. The zero-order valence-corrected chi connectivity index (χ0v) is 11.2. The average Bonchev–Trinajstić information content (AvgIpc) is 2.51. The highest BCUT2D eigenvalue weighted by molar-refractivity contribution is 9.10. The summed E-state index contributed by atoms with van der Waals surface area (Å²) in [7, 11) is 0. The van der Waals surface area contributed by atoms with Gasteiger partial charge in [-0.3, -0.25) is 9.59 Å². The molecule has 0 aromatic heterocycles. The van der Waals surface area contributed by atoms with Crippen molar-refractivity contribution >= 4 is 33.3 Å². The fourth-order valence-corrected chi connectivity index (χ4v) is 2.56. The fourth-order valence-electron chi connectivity index (χ4n) is 1.99. The van der Waals surface area contributed by atoms with Gasteiger partial charge in [0.15, 0.2) is 0 Å². The van der Waals surface area contributed by atoms with Crippen molar-refractivity contribution < 1.29 is 9.59 Å². The number of benzene rings is 1. The van der Waals surface area contributed by atoms with Gasteiger partial charge < -0.3 is 4.90 Å². The Hall–Kier alpha value is -1.42. The first-order chi connectivity index (χ1) is 8.06. The molecule has 88 valence electrons. The minimum absolute atomic E-state index is 0.422. The number of anilines is 1. The van der Waals surface area contributed by atoms with E-state index in [1.807, 2.05) is 32.1 Å². The number of hydrogen-bond acceptors (Lipinski definition) is 2. The molecule has 0 N–H and O–H groups in total. The number of nitrogens with zero attached hydrogens (tertiary/aromatic N) is 1. The summed E-state index contributed by atoms with van der Waals surface area (Å²) in [4.78, 5) is 25.2. The molecule has 0 spiro atoms. The molecule has 1 heterocycles. The largest absolute Gasteiger partial charge is 0.301 e. The Balaban J connectivity index is 2.56. The van der Waals surface area contributed by atoms with Gasteiger partial charge in [0.2, 0.25) is 0 Å². The highest BCUT2D eigenvalue weighted by atomic mass is 79.9. The fraction of sp³-hybridized carbons (Fsp3) is 0.231. The van der Waals surface area contributed by atoms with E-state index in [1.165, 1.54) is 4.90 Å². The van der Waals surface area contributed by atoms with Crippen molar-refractivity contribution in [3.8, 4) is 0 Å². The Morgan fingerprint density at radius 2 is 2.06 bits per heavy atom. The quantitative estimate of drug-likeness (QED) is 0.621. The topological polar surface area (TPSA) is 37.4 Å². The van der Waals surface area contributed by atoms with Crippen LogP contribution in [0.3, 0.4) is 0 Å². The molecule has 0 radical (unpaired) electrons. The molecular weight excluding hydrogens is 282 g/mol. The molecule has 1 amide bonds. The van der Waals surface area contributed by atoms with Gasteiger partial charge in [0.05, 0.1) is 11.3 Å². The predicted molar refractivity (Wildman–Crippen MR) is 70.4 cm³/mol. The van der Waals surface area contributed by atoms with Crippen molar-refractivity contribution in [1.29, 1.82) is 0 Å². The van der Waals surface area contributed by atoms with Crippen molar-refractivity contribution in [3.63, 3.8) is 0 Å². The number of halogens is 1. The molecule has 1 aromatic rings. The standard InChI is InChI=1S/C13H12BrNO2/c1-3-4-5-15-11-8(2)6-9(14)7-10(11)12(16)13(15)17/h3-4,6-7H,5H2,1-2H3/b4-3+. The van der Waals surface area contributed by atoms with E-state index in [0.29, 0.717) is 12.1 Å². The van der Waals surface area contributed by atoms with E-state index < -0.39 is 11.7 Å². The van der Waals surface area contributed by atoms with Crippen LogP contribution in [-0.2, 0) is 4.79 Å². The molecule has 2 rings (SSSR count). The summed E-state index contributed by atoms with van der Waals surface area (Å²) in [6.45, 7) is 4.23. The lowest BCUT2D eigenvalue weighted by atomic mass is 10.1. The van der Waals surface area contributed by atoms with Crippen LogP contribution in [0.4, 0.5) is 5.69 Å². The van der Waals surface area contributed by atoms with Gasteiger partial charge >= 0.3 is 0 Å².